The third kappa shape index (κ3) is 3.65. The van der Waals surface area contributed by atoms with Gasteiger partial charge < -0.3 is 9.15 Å². The second-order valence-electron chi connectivity index (χ2n) is 6.37. The zero-order valence-electron chi connectivity index (χ0n) is 15.7. The van der Waals surface area contributed by atoms with E-state index < -0.39 is 12.0 Å². The summed E-state index contributed by atoms with van der Waals surface area (Å²) in [6.45, 7) is 3.71. The number of ether oxygens (including phenoxy) is 1. The summed E-state index contributed by atoms with van der Waals surface area (Å²) in [6, 6.07) is 10.4. The Morgan fingerprint density at radius 1 is 1.34 bits per heavy atom. The number of thiazole rings is 1. The molecule has 1 aliphatic rings. The van der Waals surface area contributed by atoms with Gasteiger partial charge in [-0.2, -0.15) is 0 Å². The molecule has 1 atom stereocenters. The molecule has 3 heterocycles. The van der Waals surface area contributed by atoms with Crippen molar-refractivity contribution in [3.8, 4) is 0 Å². The highest BCUT2D eigenvalue weighted by molar-refractivity contribution is 9.10. The number of hydrogen-bond donors (Lipinski definition) is 0. The highest BCUT2D eigenvalue weighted by atomic mass is 79.9. The Hall–Kier alpha value is -2.71. The predicted octanol–water partition coefficient (Wildman–Crippen LogP) is 3.15. The Morgan fingerprint density at radius 3 is 2.76 bits per heavy atom. The molecule has 8 heteroatoms. The standard InChI is InChI=1S/C21H17BrN2O4S/c1-3-27-20(26)17-12(2)23-21-24(18(17)15-5-4-10-28-15)19(25)16(29-21)11-13-6-8-14(22)9-7-13/h4-11,18H,3H2,1-2H3. The van der Waals surface area contributed by atoms with E-state index in [2.05, 4.69) is 20.9 Å². The summed E-state index contributed by atoms with van der Waals surface area (Å²) in [4.78, 5) is 31.0. The first-order valence-corrected chi connectivity index (χ1v) is 10.6. The lowest BCUT2D eigenvalue weighted by Crippen LogP contribution is -2.39. The molecule has 0 bridgehead atoms. The maximum atomic E-state index is 13.3. The van der Waals surface area contributed by atoms with Crippen LogP contribution < -0.4 is 14.9 Å². The van der Waals surface area contributed by atoms with Gasteiger partial charge in [-0.05, 0) is 49.8 Å². The van der Waals surface area contributed by atoms with Crippen LogP contribution in [-0.4, -0.2) is 17.1 Å². The molecule has 0 fully saturated rings. The topological polar surface area (TPSA) is 73.8 Å². The number of aromatic nitrogens is 1. The van der Waals surface area contributed by atoms with Crippen LogP contribution in [-0.2, 0) is 9.53 Å². The average Bonchev–Trinajstić information content (AvgIpc) is 3.32. The van der Waals surface area contributed by atoms with Gasteiger partial charge in [0.15, 0.2) is 4.80 Å². The molecule has 1 aromatic carbocycles. The van der Waals surface area contributed by atoms with E-state index in [1.54, 1.807) is 26.0 Å². The van der Waals surface area contributed by atoms with E-state index in [1.165, 1.54) is 22.2 Å². The summed E-state index contributed by atoms with van der Waals surface area (Å²) in [7, 11) is 0. The van der Waals surface area contributed by atoms with Gasteiger partial charge in [-0.3, -0.25) is 9.36 Å². The first-order valence-electron chi connectivity index (χ1n) is 8.98. The van der Waals surface area contributed by atoms with E-state index >= 15 is 0 Å². The van der Waals surface area contributed by atoms with Crippen molar-refractivity contribution < 1.29 is 13.9 Å². The molecule has 1 aliphatic heterocycles. The van der Waals surface area contributed by atoms with Gasteiger partial charge in [0.25, 0.3) is 5.56 Å². The van der Waals surface area contributed by atoms with Crippen LogP contribution in [0.2, 0.25) is 0 Å². The Labute approximate surface area is 178 Å². The molecule has 0 N–H and O–H groups in total. The molecule has 1 unspecified atom stereocenters. The van der Waals surface area contributed by atoms with Crippen LogP contribution >= 0.6 is 27.3 Å². The lowest BCUT2D eigenvalue weighted by Gasteiger charge is -2.22. The van der Waals surface area contributed by atoms with Crippen LogP contribution in [0.25, 0.3) is 6.08 Å². The predicted molar refractivity (Wildman–Crippen MR) is 113 cm³/mol. The smallest absolute Gasteiger partial charge is 0.338 e. The lowest BCUT2D eigenvalue weighted by molar-refractivity contribution is -0.139. The SMILES string of the molecule is CCOC(=O)C1=C(C)N=c2sc(=Cc3ccc(Br)cc3)c(=O)n2C1c1ccco1. The van der Waals surface area contributed by atoms with Crippen LogP contribution in [0.1, 0.15) is 31.2 Å². The highest BCUT2D eigenvalue weighted by Gasteiger charge is 2.34. The molecule has 0 aliphatic carbocycles. The number of furan rings is 1. The fourth-order valence-electron chi connectivity index (χ4n) is 3.22. The summed E-state index contributed by atoms with van der Waals surface area (Å²) < 4.78 is 13.8. The van der Waals surface area contributed by atoms with Crippen molar-refractivity contribution in [2.45, 2.75) is 19.9 Å². The van der Waals surface area contributed by atoms with Crippen molar-refractivity contribution in [3.05, 3.63) is 89.4 Å². The molecule has 6 nitrogen and oxygen atoms in total. The summed E-state index contributed by atoms with van der Waals surface area (Å²) in [6.07, 6.45) is 3.34. The van der Waals surface area contributed by atoms with Gasteiger partial charge in [0, 0.05) is 4.47 Å². The van der Waals surface area contributed by atoms with E-state index in [9.17, 15) is 9.59 Å². The summed E-state index contributed by atoms with van der Waals surface area (Å²) in [5.41, 5.74) is 1.49. The Kier molecular flexibility index (Phi) is 5.38. The zero-order chi connectivity index (χ0) is 20.5. The van der Waals surface area contributed by atoms with Crippen molar-refractivity contribution in [1.82, 2.24) is 4.57 Å². The minimum Gasteiger partial charge on any atom is -0.467 e. The molecule has 4 rings (SSSR count). The molecule has 0 saturated carbocycles. The number of carbonyl (C=O) groups is 1. The van der Waals surface area contributed by atoms with Crippen LogP contribution in [0.15, 0.2) is 72.6 Å². The Balaban J connectivity index is 1.93. The number of rotatable bonds is 4. The third-order valence-electron chi connectivity index (χ3n) is 4.50. The Morgan fingerprint density at radius 2 is 2.10 bits per heavy atom. The summed E-state index contributed by atoms with van der Waals surface area (Å²) >= 11 is 4.69. The molecule has 0 saturated heterocycles. The third-order valence-corrected chi connectivity index (χ3v) is 6.01. The molecular formula is C21H17BrN2O4S. The van der Waals surface area contributed by atoms with Crippen LogP contribution in [0.4, 0.5) is 0 Å². The van der Waals surface area contributed by atoms with Gasteiger partial charge >= 0.3 is 5.97 Å². The van der Waals surface area contributed by atoms with E-state index in [1.807, 2.05) is 30.3 Å². The van der Waals surface area contributed by atoms with E-state index in [0.29, 0.717) is 26.4 Å². The average molecular weight is 473 g/mol. The summed E-state index contributed by atoms with van der Waals surface area (Å²) in [5.74, 6) is -0.0176. The van der Waals surface area contributed by atoms with Gasteiger partial charge in [0.2, 0.25) is 0 Å². The number of fused-ring (bicyclic) bond motifs is 1. The largest absolute Gasteiger partial charge is 0.467 e. The number of hydrogen-bond acceptors (Lipinski definition) is 6. The molecule has 0 radical (unpaired) electrons. The second-order valence-corrected chi connectivity index (χ2v) is 8.29. The number of nitrogens with zero attached hydrogens (tertiary/aromatic N) is 2. The molecule has 3 aromatic rings. The fraction of sp³-hybridized carbons (Fsp3) is 0.190. The van der Waals surface area contributed by atoms with Gasteiger partial charge in [-0.15, -0.1) is 0 Å². The number of carbonyl (C=O) groups excluding carboxylic acids is 1. The normalized spacial score (nSPS) is 16.5. The lowest BCUT2D eigenvalue weighted by atomic mass is 10.0. The fourth-order valence-corrected chi connectivity index (χ4v) is 4.53. The highest BCUT2D eigenvalue weighted by Crippen LogP contribution is 2.30. The van der Waals surface area contributed by atoms with Crippen LogP contribution in [0.3, 0.4) is 0 Å². The van der Waals surface area contributed by atoms with Crippen molar-refractivity contribution in [3.63, 3.8) is 0 Å². The van der Waals surface area contributed by atoms with Crippen LogP contribution in [0, 0.1) is 0 Å². The second kappa shape index (κ2) is 7.96. The number of esters is 1. The maximum absolute atomic E-state index is 13.3. The first kappa shape index (κ1) is 19.6. The quantitative estimate of drug-likeness (QED) is 0.546. The monoisotopic (exact) mass is 472 g/mol. The van der Waals surface area contributed by atoms with Crippen molar-refractivity contribution in [2.75, 3.05) is 6.61 Å². The Bertz CT molecular complexity index is 1270. The minimum atomic E-state index is -0.715. The van der Waals surface area contributed by atoms with Crippen molar-refractivity contribution in [2.24, 2.45) is 4.99 Å². The van der Waals surface area contributed by atoms with Gasteiger partial charge in [-0.25, -0.2) is 9.79 Å². The van der Waals surface area contributed by atoms with E-state index in [-0.39, 0.29) is 12.2 Å². The maximum Gasteiger partial charge on any atom is 0.338 e. The number of benzene rings is 1. The van der Waals surface area contributed by atoms with Gasteiger partial charge in [-0.1, -0.05) is 39.4 Å². The molecule has 0 amide bonds. The zero-order valence-corrected chi connectivity index (χ0v) is 18.1. The van der Waals surface area contributed by atoms with Gasteiger partial charge in [0.1, 0.15) is 11.8 Å². The van der Waals surface area contributed by atoms with Crippen molar-refractivity contribution >= 4 is 39.3 Å². The van der Waals surface area contributed by atoms with E-state index in [4.69, 9.17) is 9.15 Å². The van der Waals surface area contributed by atoms with E-state index in [0.717, 1.165) is 10.0 Å². The molecule has 29 heavy (non-hydrogen) atoms. The number of allylic oxidation sites excluding steroid dienone is 1. The molecule has 2 aromatic heterocycles. The number of halogens is 1. The van der Waals surface area contributed by atoms with Gasteiger partial charge in [0.05, 0.1) is 28.7 Å². The molecule has 148 valence electrons. The molecular weight excluding hydrogens is 456 g/mol. The molecule has 0 spiro atoms. The summed E-state index contributed by atoms with van der Waals surface area (Å²) in [5, 5.41) is 0. The van der Waals surface area contributed by atoms with Crippen molar-refractivity contribution in [1.29, 1.82) is 0 Å². The minimum absolute atomic E-state index is 0.229. The first-order chi connectivity index (χ1) is 14.0. The van der Waals surface area contributed by atoms with Crippen LogP contribution in [0.5, 0.6) is 0 Å².